The number of nitrogen functional groups attached to an aromatic ring is 1. The number of nitrogens with one attached hydrogen (secondary N) is 1. The number of anilines is 1. The quantitative estimate of drug-likeness (QED) is 0.648. The molecule has 0 atom stereocenters. The van der Waals surface area contributed by atoms with Crippen LogP contribution in [-0.4, -0.2) is 25.0 Å². The van der Waals surface area contributed by atoms with Crippen molar-refractivity contribution in [2.45, 2.75) is 6.92 Å². The van der Waals surface area contributed by atoms with Crippen LogP contribution >= 0.6 is 0 Å². The van der Waals surface area contributed by atoms with Gasteiger partial charge in [-0.2, -0.15) is 5.10 Å². The summed E-state index contributed by atoms with van der Waals surface area (Å²) in [6.07, 6.45) is 0. The van der Waals surface area contributed by atoms with E-state index in [-0.39, 0.29) is 0 Å². The average molecular weight is 178 g/mol. The summed E-state index contributed by atoms with van der Waals surface area (Å²) in [7, 11) is 1.89. The topological polar surface area (TPSA) is 85.4 Å². The molecule has 0 aliphatic rings. The van der Waals surface area contributed by atoms with Gasteiger partial charge in [0, 0.05) is 13.1 Å². The van der Waals surface area contributed by atoms with E-state index >= 15 is 0 Å². The summed E-state index contributed by atoms with van der Waals surface area (Å²) in [5.41, 5.74) is 6.25. The molecule has 0 saturated carbocycles. The van der Waals surface area contributed by atoms with E-state index in [2.05, 4.69) is 20.4 Å². The van der Waals surface area contributed by atoms with Gasteiger partial charge in [-0.25, -0.2) is 0 Å². The van der Waals surface area contributed by atoms with Crippen LogP contribution in [-0.2, 0) is 7.05 Å². The Kier molecular flexibility index (Phi) is 1.54. The maximum atomic E-state index is 5.47. The molecule has 0 bridgehead atoms. The molecule has 2 heterocycles. The summed E-state index contributed by atoms with van der Waals surface area (Å²) in [4.78, 5) is 0. The van der Waals surface area contributed by atoms with Crippen molar-refractivity contribution in [1.29, 1.82) is 0 Å². The third-order valence-electron chi connectivity index (χ3n) is 1.93. The van der Waals surface area contributed by atoms with Gasteiger partial charge >= 0.3 is 0 Å². The lowest BCUT2D eigenvalue weighted by molar-refractivity contribution is 0.860. The van der Waals surface area contributed by atoms with Crippen molar-refractivity contribution >= 4 is 5.82 Å². The zero-order valence-electron chi connectivity index (χ0n) is 7.44. The molecule has 6 nitrogen and oxygen atoms in total. The molecule has 0 unspecified atom stereocenters. The van der Waals surface area contributed by atoms with Crippen molar-refractivity contribution in [2.75, 3.05) is 5.73 Å². The fourth-order valence-electron chi connectivity index (χ4n) is 1.09. The van der Waals surface area contributed by atoms with Crippen LogP contribution in [0.25, 0.3) is 11.5 Å². The van der Waals surface area contributed by atoms with Crippen molar-refractivity contribution in [1.82, 2.24) is 25.0 Å². The van der Waals surface area contributed by atoms with E-state index in [9.17, 15) is 0 Å². The van der Waals surface area contributed by atoms with E-state index in [0.29, 0.717) is 5.82 Å². The van der Waals surface area contributed by atoms with E-state index in [1.807, 2.05) is 18.5 Å². The number of hydrogen-bond donors (Lipinski definition) is 2. The van der Waals surface area contributed by atoms with Crippen LogP contribution < -0.4 is 5.73 Å². The lowest BCUT2D eigenvalue weighted by Crippen LogP contribution is -1.94. The summed E-state index contributed by atoms with van der Waals surface area (Å²) in [6.45, 7) is 1.89. The van der Waals surface area contributed by atoms with Gasteiger partial charge in [0.1, 0.15) is 17.3 Å². The van der Waals surface area contributed by atoms with Crippen molar-refractivity contribution in [2.24, 2.45) is 7.05 Å². The third kappa shape index (κ3) is 1.16. The standard InChI is InChI=1S/C7H10N6/c1-4-9-12-7(13(4)2)5-3-6(8)11-10-5/h3H,1-2H3,(H3,8,10,11). The van der Waals surface area contributed by atoms with Gasteiger partial charge in [0.2, 0.25) is 0 Å². The fraction of sp³-hybridized carbons (Fsp3) is 0.286. The highest BCUT2D eigenvalue weighted by atomic mass is 15.3. The average Bonchev–Trinajstić information content (AvgIpc) is 2.62. The van der Waals surface area contributed by atoms with Gasteiger partial charge in [-0.05, 0) is 6.92 Å². The van der Waals surface area contributed by atoms with Crippen molar-refractivity contribution in [3.8, 4) is 11.5 Å². The predicted molar refractivity (Wildman–Crippen MR) is 47.7 cm³/mol. The van der Waals surface area contributed by atoms with Gasteiger partial charge in [0.25, 0.3) is 0 Å². The number of nitrogens with two attached hydrogens (primary N) is 1. The molecule has 0 aliphatic heterocycles. The number of nitrogens with zero attached hydrogens (tertiary/aromatic N) is 4. The molecule has 3 N–H and O–H groups in total. The highest BCUT2D eigenvalue weighted by Gasteiger charge is 2.09. The summed E-state index contributed by atoms with van der Waals surface area (Å²) in [5, 5.41) is 14.5. The molecule has 2 rings (SSSR count). The first kappa shape index (κ1) is 7.78. The number of aromatic nitrogens is 5. The van der Waals surface area contributed by atoms with Crippen molar-refractivity contribution < 1.29 is 0 Å². The minimum absolute atomic E-state index is 0.454. The first-order valence-electron chi connectivity index (χ1n) is 3.85. The van der Waals surface area contributed by atoms with Crippen molar-refractivity contribution in [3.05, 3.63) is 11.9 Å². The van der Waals surface area contributed by atoms with Crippen LogP contribution in [0.15, 0.2) is 6.07 Å². The molecule has 0 saturated heterocycles. The number of aryl methyl sites for hydroxylation is 1. The molecule has 2 aromatic rings. The molecule has 6 heteroatoms. The summed E-state index contributed by atoms with van der Waals surface area (Å²) >= 11 is 0. The molecule has 0 radical (unpaired) electrons. The van der Waals surface area contributed by atoms with E-state index in [1.54, 1.807) is 6.07 Å². The zero-order chi connectivity index (χ0) is 9.42. The fourth-order valence-corrected chi connectivity index (χ4v) is 1.09. The minimum atomic E-state index is 0.454. The Morgan fingerprint density at radius 1 is 1.46 bits per heavy atom. The first-order valence-corrected chi connectivity index (χ1v) is 3.85. The van der Waals surface area contributed by atoms with Crippen molar-refractivity contribution in [3.63, 3.8) is 0 Å². The van der Waals surface area contributed by atoms with E-state index in [0.717, 1.165) is 17.3 Å². The smallest absolute Gasteiger partial charge is 0.181 e. The van der Waals surface area contributed by atoms with Crippen LogP contribution in [0.5, 0.6) is 0 Å². The number of aromatic amines is 1. The zero-order valence-corrected chi connectivity index (χ0v) is 7.44. The first-order chi connectivity index (χ1) is 6.18. The Balaban J connectivity index is 2.52. The maximum absolute atomic E-state index is 5.47. The molecule has 0 aromatic carbocycles. The van der Waals surface area contributed by atoms with Gasteiger partial charge in [0.05, 0.1) is 0 Å². The SMILES string of the molecule is Cc1nnc(-c2cc(N)n[nH]2)n1C. The molecule has 0 fully saturated rings. The van der Waals surface area contributed by atoms with Gasteiger partial charge in [-0.1, -0.05) is 0 Å². The van der Waals surface area contributed by atoms with Gasteiger partial charge < -0.3 is 10.3 Å². The summed E-state index contributed by atoms with van der Waals surface area (Å²) in [5.74, 6) is 2.04. The number of hydrogen-bond acceptors (Lipinski definition) is 4. The number of rotatable bonds is 1. The normalized spacial score (nSPS) is 10.6. The van der Waals surface area contributed by atoms with Crippen LogP contribution in [0.2, 0.25) is 0 Å². The molecule has 0 aliphatic carbocycles. The molecule has 2 aromatic heterocycles. The highest BCUT2D eigenvalue weighted by molar-refractivity contribution is 5.53. The van der Waals surface area contributed by atoms with Crippen LogP contribution in [0, 0.1) is 6.92 Å². The third-order valence-corrected chi connectivity index (χ3v) is 1.93. The van der Waals surface area contributed by atoms with E-state index in [1.165, 1.54) is 0 Å². The summed E-state index contributed by atoms with van der Waals surface area (Å²) in [6, 6.07) is 1.73. The number of H-pyrrole nitrogens is 1. The molecule has 68 valence electrons. The van der Waals surface area contributed by atoms with E-state index < -0.39 is 0 Å². The van der Waals surface area contributed by atoms with E-state index in [4.69, 9.17) is 5.73 Å². The molecular weight excluding hydrogens is 168 g/mol. The second-order valence-electron chi connectivity index (χ2n) is 2.84. The second kappa shape index (κ2) is 2.58. The largest absolute Gasteiger partial charge is 0.382 e. The van der Waals surface area contributed by atoms with Crippen LogP contribution in [0.1, 0.15) is 5.82 Å². The summed E-state index contributed by atoms with van der Waals surface area (Å²) < 4.78 is 1.87. The second-order valence-corrected chi connectivity index (χ2v) is 2.84. The predicted octanol–water partition coefficient (Wildman–Crippen LogP) is 0.0958. The molecule has 0 amide bonds. The van der Waals surface area contributed by atoms with Gasteiger partial charge in [-0.3, -0.25) is 5.10 Å². The monoisotopic (exact) mass is 178 g/mol. The lowest BCUT2D eigenvalue weighted by Gasteiger charge is -1.96. The Hall–Kier alpha value is -1.85. The van der Waals surface area contributed by atoms with Crippen LogP contribution in [0.3, 0.4) is 0 Å². The van der Waals surface area contributed by atoms with Crippen LogP contribution in [0.4, 0.5) is 5.82 Å². The minimum Gasteiger partial charge on any atom is -0.382 e. The Morgan fingerprint density at radius 2 is 2.23 bits per heavy atom. The maximum Gasteiger partial charge on any atom is 0.181 e. The Morgan fingerprint density at radius 3 is 2.69 bits per heavy atom. The Bertz CT molecular complexity index is 426. The highest BCUT2D eigenvalue weighted by Crippen LogP contribution is 2.15. The molecular formula is C7H10N6. The molecule has 13 heavy (non-hydrogen) atoms. The lowest BCUT2D eigenvalue weighted by atomic mass is 10.4. The van der Waals surface area contributed by atoms with Gasteiger partial charge in [-0.15, -0.1) is 10.2 Å². The van der Waals surface area contributed by atoms with Gasteiger partial charge in [0.15, 0.2) is 5.82 Å². The Labute approximate surface area is 74.8 Å². The molecule has 0 spiro atoms.